The van der Waals surface area contributed by atoms with E-state index in [4.69, 9.17) is 0 Å². The van der Waals surface area contributed by atoms with E-state index in [0.29, 0.717) is 5.82 Å². The smallest absolute Gasteiger partial charge is 0.171 e. The highest BCUT2D eigenvalue weighted by Gasteiger charge is 1.90. The summed E-state index contributed by atoms with van der Waals surface area (Å²) in [6.45, 7) is 3.26. The van der Waals surface area contributed by atoms with Crippen molar-refractivity contribution in [2.24, 2.45) is 15.2 Å². The van der Waals surface area contributed by atoms with Gasteiger partial charge in [-0.3, -0.25) is 4.99 Å². The SMILES string of the molecule is C=N/C=C1/N=NC=CN1. The molecule has 46 valence electrons. The van der Waals surface area contributed by atoms with Crippen LogP contribution in [0.2, 0.25) is 0 Å². The van der Waals surface area contributed by atoms with E-state index in [2.05, 4.69) is 27.3 Å². The first kappa shape index (κ1) is 5.68. The molecule has 0 aromatic rings. The van der Waals surface area contributed by atoms with Crippen molar-refractivity contribution in [3.05, 3.63) is 24.4 Å². The van der Waals surface area contributed by atoms with Crippen molar-refractivity contribution >= 4 is 6.72 Å². The highest BCUT2D eigenvalue weighted by atomic mass is 15.2. The van der Waals surface area contributed by atoms with Crippen LogP contribution in [0.5, 0.6) is 0 Å². The Balaban J connectivity index is 2.65. The predicted octanol–water partition coefficient (Wildman–Crippen LogP) is 1.01. The minimum atomic E-state index is 0.604. The first-order chi connectivity index (χ1) is 4.43. The zero-order chi connectivity index (χ0) is 6.53. The molecule has 4 heteroatoms. The fourth-order valence-electron chi connectivity index (χ4n) is 0.430. The summed E-state index contributed by atoms with van der Waals surface area (Å²) in [5, 5.41) is 10.1. The second-order valence-corrected chi connectivity index (χ2v) is 1.37. The van der Waals surface area contributed by atoms with E-state index in [1.807, 2.05) is 0 Å². The van der Waals surface area contributed by atoms with Crippen molar-refractivity contribution in [2.45, 2.75) is 0 Å². The van der Waals surface area contributed by atoms with Crippen LogP contribution in [-0.2, 0) is 0 Å². The lowest BCUT2D eigenvalue weighted by Crippen LogP contribution is -2.03. The minimum absolute atomic E-state index is 0.604. The van der Waals surface area contributed by atoms with E-state index in [1.54, 1.807) is 12.4 Å². The molecule has 0 radical (unpaired) electrons. The van der Waals surface area contributed by atoms with Gasteiger partial charge in [-0.15, -0.1) is 5.11 Å². The van der Waals surface area contributed by atoms with Crippen LogP contribution in [-0.4, -0.2) is 6.72 Å². The first-order valence-corrected chi connectivity index (χ1v) is 2.42. The van der Waals surface area contributed by atoms with Gasteiger partial charge >= 0.3 is 0 Å². The molecule has 1 aliphatic rings. The van der Waals surface area contributed by atoms with Crippen LogP contribution in [0.15, 0.2) is 39.6 Å². The van der Waals surface area contributed by atoms with Crippen molar-refractivity contribution in [1.82, 2.24) is 5.32 Å². The highest BCUT2D eigenvalue weighted by Crippen LogP contribution is 1.97. The molecule has 9 heavy (non-hydrogen) atoms. The third-order valence-electron chi connectivity index (χ3n) is 0.751. The van der Waals surface area contributed by atoms with Crippen LogP contribution >= 0.6 is 0 Å². The lowest BCUT2D eigenvalue weighted by atomic mass is 10.7. The zero-order valence-corrected chi connectivity index (χ0v) is 4.78. The molecular formula is C5H6N4. The summed E-state index contributed by atoms with van der Waals surface area (Å²) in [5.41, 5.74) is 0. The summed E-state index contributed by atoms with van der Waals surface area (Å²) < 4.78 is 0. The number of hydrogen-bond acceptors (Lipinski definition) is 4. The molecule has 0 aliphatic carbocycles. The van der Waals surface area contributed by atoms with Gasteiger partial charge in [-0.25, -0.2) is 0 Å². The number of nitrogens with zero attached hydrogens (tertiary/aromatic N) is 3. The third-order valence-corrected chi connectivity index (χ3v) is 0.751. The van der Waals surface area contributed by atoms with Crippen LogP contribution in [0.1, 0.15) is 0 Å². The molecule has 0 aromatic carbocycles. The van der Waals surface area contributed by atoms with Crippen LogP contribution in [0.25, 0.3) is 0 Å². The Kier molecular flexibility index (Phi) is 1.74. The van der Waals surface area contributed by atoms with E-state index < -0.39 is 0 Å². The zero-order valence-electron chi connectivity index (χ0n) is 4.78. The van der Waals surface area contributed by atoms with Crippen LogP contribution < -0.4 is 5.32 Å². The molecule has 0 saturated heterocycles. The number of azo groups is 1. The van der Waals surface area contributed by atoms with E-state index in [-0.39, 0.29) is 0 Å². The molecule has 0 amide bonds. The van der Waals surface area contributed by atoms with Crippen molar-refractivity contribution < 1.29 is 0 Å². The Hall–Kier alpha value is -1.45. The maximum absolute atomic E-state index is 3.67. The minimum Gasteiger partial charge on any atom is -0.342 e. The molecule has 0 saturated carbocycles. The van der Waals surface area contributed by atoms with Crippen molar-refractivity contribution in [3.8, 4) is 0 Å². The van der Waals surface area contributed by atoms with Gasteiger partial charge in [-0.05, 0) is 6.72 Å². The number of rotatable bonds is 1. The quantitative estimate of drug-likeness (QED) is 0.518. The molecule has 0 bridgehead atoms. The largest absolute Gasteiger partial charge is 0.342 e. The number of hydrogen-bond donors (Lipinski definition) is 1. The maximum atomic E-state index is 3.67. The Morgan fingerprint density at radius 3 is 3.22 bits per heavy atom. The molecule has 1 rings (SSSR count). The summed E-state index contributed by atoms with van der Waals surface area (Å²) in [5.74, 6) is 0.604. The van der Waals surface area contributed by atoms with Gasteiger partial charge < -0.3 is 5.32 Å². The summed E-state index contributed by atoms with van der Waals surface area (Å²) in [6.07, 6.45) is 4.72. The summed E-state index contributed by atoms with van der Waals surface area (Å²) in [6, 6.07) is 0. The standard InChI is InChI=1S/C5H6N4/c1-6-4-5-7-2-3-8-9-5/h2-4,7H,1H2/b5-4+. The molecule has 0 aromatic heterocycles. The van der Waals surface area contributed by atoms with E-state index in [9.17, 15) is 0 Å². The van der Waals surface area contributed by atoms with Gasteiger partial charge in [-0.1, -0.05) is 0 Å². The van der Waals surface area contributed by atoms with Gasteiger partial charge in [0, 0.05) is 6.20 Å². The summed E-state index contributed by atoms with van der Waals surface area (Å²) in [7, 11) is 0. The van der Waals surface area contributed by atoms with Crippen molar-refractivity contribution in [2.75, 3.05) is 0 Å². The number of nitrogens with one attached hydrogen (secondary N) is 1. The fraction of sp³-hybridized carbons (Fsp3) is 0. The molecule has 0 atom stereocenters. The second kappa shape index (κ2) is 2.76. The maximum Gasteiger partial charge on any atom is 0.171 e. The van der Waals surface area contributed by atoms with Gasteiger partial charge in [0.2, 0.25) is 0 Å². The Morgan fingerprint density at radius 2 is 2.67 bits per heavy atom. The Labute approximate surface area is 52.7 Å². The molecule has 1 aliphatic heterocycles. The summed E-state index contributed by atoms with van der Waals surface area (Å²) >= 11 is 0. The van der Waals surface area contributed by atoms with Gasteiger partial charge in [0.15, 0.2) is 5.82 Å². The normalized spacial score (nSPS) is 19.8. The summed E-state index contributed by atoms with van der Waals surface area (Å²) in [4.78, 5) is 3.50. The third kappa shape index (κ3) is 1.49. The highest BCUT2D eigenvalue weighted by molar-refractivity contribution is 5.26. The number of aliphatic imine (C=N–C) groups is 1. The molecule has 1 N–H and O–H groups in total. The van der Waals surface area contributed by atoms with E-state index in [1.165, 1.54) is 6.20 Å². The fourth-order valence-corrected chi connectivity index (χ4v) is 0.430. The van der Waals surface area contributed by atoms with Gasteiger partial charge in [-0.2, -0.15) is 5.11 Å². The van der Waals surface area contributed by atoms with Crippen LogP contribution in [0.4, 0.5) is 0 Å². The van der Waals surface area contributed by atoms with Crippen LogP contribution in [0, 0.1) is 0 Å². The van der Waals surface area contributed by atoms with E-state index >= 15 is 0 Å². The van der Waals surface area contributed by atoms with Crippen molar-refractivity contribution in [3.63, 3.8) is 0 Å². The lowest BCUT2D eigenvalue weighted by molar-refractivity contribution is 0.916. The molecule has 0 fully saturated rings. The van der Waals surface area contributed by atoms with Gasteiger partial charge in [0.1, 0.15) is 0 Å². The average Bonchev–Trinajstić information content (AvgIpc) is 1.91. The molecule has 0 unspecified atom stereocenters. The monoisotopic (exact) mass is 122 g/mol. The molecule has 0 spiro atoms. The molecule has 4 nitrogen and oxygen atoms in total. The van der Waals surface area contributed by atoms with Gasteiger partial charge in [0.25, 0.3) is 0 Å². The molecule has 1 heterocycles. The van der Waals surface area contributed by atoms with Gasteiger partial charge in [0.05, 0.1) is 12.4 Å². The second-order valence-electron chi connectivity index (χ2n) is 1.37. The molecular weight excluding hydrogens is 116 g/mol. The van der Waals surface area contributed by atoms with Crippen molar-refractivity contribution in [1.29, 1.82) is 0 Å². The first-order valence-electron chi connectivity index (χ1n) is 2.42. The predicted molar refractivity (Wildman–Crippen MR) is 34.8 cm³/mol. The van der Waals surface area contributed by atoms with Crippen LogP contribution in [0.3, 0.4) is 0 Å². The van der Waals surface area contributed by atoms with E-state index in [0.717, 1.165) is 0 Å². The topological polar surface area (TPSA) is 49.1 Å². The average molecular weight is 122 g/mol. The Morgan fingerprint density at radius 1 is 1.78 bits per heavy atom. The Bertz CT molecular complexity index is 189. The lowest BCUT2D eigenvalue weighted by Gasteiger charge is -1.99.